The second-order valence-corrected chi connectivity index (χ2v) is 7.17. The Labute approximate surface area is 113 Å². The monoisotopic (exact) mass is 286 g/mol. The Morgan fingerprint density at radius 1 is 1.53 bits per heavy atom. The van der Waals surface area contributed by atoms with E-state index in [4.69, 9.17) is 0 Å². The van der Waals surface area contributed by atoms with Crippen LogP contribution in [0.25, 0.3) is 0 Å². The van der Waals surface area contributed by atoms with Crippen molar-refractivity contribution in [1.82, 2.24) is 10.3 Å². The molecule has 0 radical (unpaired) electrons. The van der Waals surface area contributed by atoms with Gasteiger partial charge in [-0.25, -0.2) is 12.8 Å². The molecule has 1 aromatic rings. The summed E-state index contributed by atoms with van der Waals surface area (Å²) in [6.07, 6.45) is 4.80. The number of rotatable bonds is 4. The van der Waals surface area contributed by atoms with E-state index in [-0.39, 0.29) is 5.75 Å². The van der Waals surface area contributed by atoms with Crippen molar-refractivity contribution in [2.45, 2.75) is 37.5 Å². The Hall–Kier alpha value is -1.01. The highest BCUT2D eigenvalue weighted by Crippen LogP contribution is 2.31. The van der Waals surface area contributed by atoms with E-state index in [1.807, 2.05) is 6.92 Å². The first kappa shape index (κ1) is 14.4. The number of halogens is 1. The minimum atomic E-state index is -3.16. The maximum absolute atomic E-state index is 13.9. The van der Waals surface area contributed by atoms with Crippen LogP contribution in [0.3, 0.4) is 0 Å². The quantitative estimate of drug-likeness (QED) is 0.917. The lowest BCUT2D eigenvalue weighted by Crippen LogP contribution is -2.41. The van der Waals surface area contributed by atoms with E-state index in [0.717, 1.165) is 12.6 Å². The number of nitrogens with zero attached hydrogens (tertiary/aromatic N) is 1. The topological polar surface area (TPSA) is 59.1 Å². The summed E-state index contributed by atoms with van der Waals surface area (Å²) in [5.74, 6) is -0.249. The third-order valence-corrected chi connectivity index (χ3v) is 5.85. The summed E-state index contributed by atoms with van der Waals surface area (Å²) in [6.45, 7) is 2.49. The molecule has 0 saturated carbocycles. The predicted octanol–water partition coefficient (Wildman–Crippen LogP) is 1.84. The predicted molar refractivity (Wildman–Crippen MR) is 72.0 cm³/mol. The van der Waals surface area contributed by atoms with Gasteiger partial charge in [0, 0.05) is 11.8 Å². The van der Waals surface area contributed by atoms with Crippen LogP contribution >= 0.6 is 0 Å². The second-order valence-electron chi connectivity index (χ2n) is 4.83. The highest BCUT2D eigenvalue weighted by molar-refractivity contribution is 7.92. The fourth-order valence-corrected chi connectivity index (χ4v) is 4.75. The lowest BCUT2D eigenvalue weighted by Gasteiger charge is -2.31. The van der Waals surface area contributed by atoms with Crippen LogP contribution in [0.15, 0.2) is 18.5 Å². The van der Waals surface area contributed by atoms with Crippen molar-refractivity contribution in [3.63, 3.8) is 0 Å². The molecule has 1 fully saturated rings. The first-order valence-corrected chi connectivity index (χ1v) is 8.32. The van der Waals surface area contributed by atoms with Gasteiger partial charge in [0.2, 0.25) is 0 Å². The molecule has 0 spiro atoms. The Morgan fingerprint density at radius 2 is 2.32 bits per heavy atom. The van der Waals surface area contributed by atoms with Crippen LogP contribution in [0.5, 0.6) is 0 Å². The Balaban J connectivity index is 2.37. The van der Waals surface area contributed by atoms with Gasteiger partial charge in [0.15, 0.2) is 9.84 Å². The van der Waals surface area contributed by atoms with Gasteiger partial charge in [-0.15, -0.1) is 0 Å². The Bertz CT molecular complexity index is 533. The van der Waals surface area contributed by atoms with Crippen LogP contribution in [0, 0.1) is 5.82 Å². The molecule has 4 nitrogen and oxygen atoms in total. The molecular weight excluding hydrogens is 267 g/mol. The minimum Gasteiger partial charge on any atom is -0.309 e. The lowest BCUT2D eigenvalue weighted by atomic mass is 10.00. The van der Waals surface area contributed by atoms with Crippen LogP contribution in [0.1, 0.15) is 37.8 Å². The van der Waals surface area contributed by atoms with E-state index in [0.29, 0.717) is 24.9 Å². The van der Waals surface area contributed by atoms with Crippen molar-refractivity contribution in [2.24, 2.45) is 0 Å². The third-order valence-electron chi connectivity index (χ3n) is 3.56. The Morgan fingerprint density at radius 3 is 2.95 bits per heavy atom. The van der Waals surface area contributed by atoms with Crippen LogP contribution in [-0.2, 0) is 9.84 Å². The molecule has 19 heavy (non-hydrogen) atoms. The molecule has 2 unspecified atom stereocenters. The van der Waals surface area contributed by atoms with Gasteiger partial charge in [0.25, 0.3) is 0 Å². The number of hydrogen-bond acceptors (Lipinski definition) is 4. The van der Waals surface area contributed by atoms with Gasteiger partial charge in [-0.3, -0.25) is 4.98 Å². The van der Waals surface area contributed by atoms with Crippen molar-refractivity contribution in [3.05, 3.63) is 29.8 Å². The summed E-state index contributed by atoms with van der Waals surface area (Å²) in [5, 5.41) is 2.57. The number of hydrogen-bond donors (Lipinski definition) is 1. The molecule has 1 N–H and O–H groups in total. The number of nitrogens with one attached hydrogen (secondary N) is 1. The molecule has 106 valence electrons. The van der Waals surface area contributed by atoms with Crippen molar-refractivity contribution >= 4 is 9.84 Å². The fourth-order valence-electron chi connectivity index (χ4n) is 2.65. The molecule has 6 heteroatoms. The van der Waals surface area contributed by atoms with E-state index >= 15 is 0 Å². The van der Waals surface area contributed by atoms with Crippen molar-refractivity contribution in [2.75, 3.05) is 12.3 Å². The normalized spacial score (nSPS) is 24.0. The summed E-state index contributed by atoms with van der Waals surface area (Å²) in [5.41, 5.74) is 0.396. The average Bonchev–Trinajstić information content (AvgIpc) is 2.37. The molecule has 1 aliphatic heterocycles. The molecule has 0 amide bonds. The fraction of sp³-hybridized carbons (Fsp3) is 0.615. The number of aromatic nitrogens is 1. The summed E-state index contributed by atoms with van der Waals surface area (Å²) in [4.78, 5) is 3.72. The van der Waals surface area contributed by atoms with Gasteiger partial charge in [-0.1, -0.05) is 13.3 Å². The van der Waals surface area contributed by atoms with E-state index in [2.05, 4.69) is 10.3 Å². The summed E-state index contributed by atoms with van der Waals surface area (Å²) >= 11 is 0. The standard InChI is InChI=1S/C13H19FN2O2S/c1-2-16-13(10-6-7-15-9-11(10)14)12-5-3-4-8-19(12,17)18/h6-7,9,12-13,16H,2-5,8H2,1H3. The number of pyridine rings is 1. The molecular formula is C13H19FN2O2S. The molecule has 1 aliphatic rings. The molecule has 0 aromatic carbocycles. The minimum absolute atomic E-state index is 0.201. The maximum atomic E-state index is 13.9. The molecule has 1 aromatic heterocycles. The first-order valence-electron chi connectivity index (χ1n) is 6.60. The zero-order valence-corrected chi connectivity index (χ0v) is 11.8. The van der Waals surface area contributed by atoms with Crippen LogP contribution in [0.4, 0.5) is 4.39 Å². The summed E-state index contributed by atoms with van der Waals surface area (Å²) < 4.78 is 38.3. The third kappa shape index (κ3) is 3.12. The second kappa shape index (κ2) is 5.96. The SMILES string of the molecule is CCNC(c1ccncc1F)C1CCCCS1(=O)=O. The van der Waals surface area contributed by atoms with Gasteiger partial charge in [-0.05, 0) is 25.5 Å². The van der Waals surface area contributed by atoms with Crippen molar-refractivity contribution < 1.29 is 12.8 Å². The van der Waals surface area contributed by atoms with Gasteiger partial charge < -0.3 is 5.32 Å². The zero-order chi connectivity index (χ0) is 13.9. The molecule has 2 heterocycles. The molecule has 2 atom stereocenters. The highest BCUT2D eigenvalue weighted by Gasteiger charge is 2.36. The lowest BCUT2D eigenvalue weighted by molar-refractivity contribution is 0.439. The average molecular weight is 286 g/mol. The summed E-state index contributed by atoms with van der Waals surface area (Å²) in [7, 11) is -3.16. The molecule has 2 rings (SSSR count). The van der Waals surface area contributed by atoms with Crippen LogP contribution < -0.4 is 5.32 Å². The van der Waals surface area contributed by atoms with Crippen LogP contribution in [0.2, 0.25) is 0 Å². The molecule has 0 aliphatic carbocycles. The van der Waals surface area contributed by atoms with Gasteiger partial charge in [-0.2, -0.15) is 0 Å². The van der Waals surface area contributed by atoms with E-state index in [1.165, 1.54) is 6.20 Å². The largest absolute Gasteiger partial charge is 0.309 e. The van der Waals surface area contributed by atoms with Gasteiger partial charge >= 0.3 is 0 Å². The van der Waals surface area contributed by atoms with E-state index in [1.54, 1.807) is 6.07 Å². The molecule has 0 bridgehead atoms. The van der Waals surface area contributed by atoms with E-state index in [9.17, 15) is 12.8 Å². The smallest absolute Gasteiger partial charge is 0.155 e. The summed E-state index contributed by atoms with van der Waals surface area (Å²) in [6, 6.07) is 1.07. The first-order chi connectivity index (χ1) is 9.06. The maximum Gasteiger partial charge on any atom is 0.155 e. The van der Waals surface area contributed by atoms with E-state index < -0.39 is 26.9 Å². The zero-order valence-electron chi connectivity index (χ0n) is 11.0. The van der Waals surface area contributed by atoms with Gasteiger partial charge in [0.05, 0.1) is 23.2 Å². The molecule has 1 saturated heterocycles. The van der Waals surface area contributed by atoms with Gasteiger partial charge in [0.1, 0.15) is 5.82 Å². The number of sulfone groups is 1. The van der Waals surface area contributed by atoms with Crippen LogP contribution in [-0.4, -0.2) is 30.9 Å². The highest BCUT2D eigenvalue weighted by atomic mass is 32.2. The van der Waals surface area contributed by atoms with Crippen molar-refractivity contribution in [3.8, 4) is 0 Å². The van der Waals surface area contributed by atoms with Crippen molar-refractivity contribution in [1.29, 1.82) is 0 Å². The Kier molecular flexibility index (Phi) is 4.52.